The van der Waals surface area contributed by atoms with Crippen LogP contribution in [0.5, 0.6) is 0 Å². The summed E-state index contributed by atoms with van der Waals surface area (Å²) < 4.78 is 0. The SMILES string of the molecule is CCCCCC(C)CC(C)C(C)C(C)CC. The number of hydrogen-bond donors (Lipinski definition) is 0. The van der Waals surface area contributed by atoms with Crippen LogP contribution in [0.4, 0.5) is 0 Å². The molecule has 0 amide bonds. The number of hydrogen-bond acceptors (Lipinski definition) is 0. The monoisotopic (exact) mass is 226 g/mol. The summed E-state index contributed by atoms with van der Waals surface area (Å²) in [5.41, 5.74) is 0. The Kier molecular flexibility index (Phi) is 9.07. The molecule has 0 spiro atoms. The van der Waals surface area contributed by atoms with E-state index in [0.29, 0.717) is 0 Å². The topological polar surface area (TPSA) is 0 Å². The zero-order valence-electron chi connectivity index (χ0n) is 12.6. The minimum atomic E-state index is 0.887. The Morgan fingerprint density at radius 2 is 1.44 bits per heavy atom. The lowest BCUT2D eigenvalue weighted by atomic mass is 9.78. The molecule has 0 aromatic rings. The quantitative estimate of drug-likeness (QED) is 0.429. The average molecular weight is 226 g/mol. The van der Waals surface area contributed by atoms with E-state index in [0.717, 1.165) is 23.7 Å². The van der Waals surface area contributed by atoms with Gasteiger partial charge < -0.3 is 0 Å². The maximum Gasteiger partial charge on any atom is -0.0391 e. The molecule has 0 heterocycles. The standard InChI is InChI=1S/C16H34/c1-7-9-10-11-13(3)12-15(5)16(6)14(4)8-2/h13-16H,7-12H2,1-6H3. The third kappa shape index (κ3) is 6.55. The fourth-order valence-corrected chi connectivity index (χ4v) is 2.64. The highest BCUT2D eigenvalue weighted by Crippen LogP contribution is 2.29. The van der Waals surface area contributed by atoms with Gasteiger partial charge in [-0.3, -0.25) is 0 Å². The lowest BCUT2D eigenvalue weighted by Crippen LogP contribution is -2.18. The summed E-state index contributed by atoms with van der Waals surface area (Å²) >= 11 is 0. The molecule has 0 saturated heterocycles. The van der Waals surface area contributed by atoms with Crippen molar-refractivity contribution in [3.05, 3.63) is 0 Å². The van der Waals surface area contributed by atoms with Crippen LogP contribution < -0.4 is 0 Å². The van der Waals surface area contributed by atoms with Crippen LogP contribution in [0.3, 0.4) is 0 Å². The number of rotatable bonds is 9. The number of unbranched alkanes of at least 4 members (excludes halogenated alkanes) is 2. The molecule has 16 heavy (non-hydrogen) atoms. The van der Waals surface area contributed by atoms with E-state index < -0.39 is 0 Å². The van der Waals surface area contributed by atoms with Gasteiger partial charge in [-0.25, -0.2) is 0 Å². The zero-order valence-corrected chi connectivity index (χ0v) is 12.6. The summed E-state index contributed by atoms with van der Waals surface area (Å²) in [6.07, 6.45) is 8.39. The van der Waals surface area contributed by atoms with Crippen molar-refractivity contribution in [3.63, 3.8) is 0 Å². The summed E-state index contributed by atoms with van der Waals surface area (Å²) in [6, 6.07) is 0. The van der Waals surface area contributed by atoms with Crippen molar-refractivity contribution in [2.24, 2.45) is 23.7 Å². The van der Waals surface area contributed by atoms with E-state index in [-0.39, 0.29) is 0 Å². The van der Waals surface area contributed by atoms with Gasteiger partial charge in [-0.15, -0.1) is 0 Å². The molecule has 0 radical (unpaired) electrons. The Hall–Kier alpha value is 0. The van der Waals surface area contributed by atoms with E-state index >= 15 is 0 Å². The second-order valence-electron chi connectivity index (χ2n) is 6.06. The second-order valence-corrected chi connectivity index (χ2v) is 6.06. The normalized spacial score (nSPS) is 19.1. The van der Waals surface area contributed by atoms with Gasteiger partial charge in [0.05, 0.1) is 0 Å². The third-order valence-electron chi connectivity index (χ3n) is 4.51. The van der Waals surface area contributed by atoms with Crippen molar-refractivity contribution in [2.75, 3.05) is 0 Å². The first-order chi connectivity index (χ1) is 7.52. The van der Waals surface area contributed by atoms with E-state index in [1.165, 1.54) is 38.5 Å². The second kappa shape index (κ2) is 9.07. The highest BCUT2D eigenvalue weighted by atomic mass is 14.2. The molecule has 0 bridgehead atoms. The fourth-order valence-electron chi connectivity index (χ4n) is 2.64. The average Bonchev–Trinajstić information content (AvgIpc) is 2.27. The summed E-state index contributed by atoms with van der Waals surface area (Å²) in [4.78, 5) is 0. The van der Waals surface area contributed by atoms with Crippen LogP contribution in [0.1, 0.15) is 80.1 Å². The molecule has 4 atom stereocenters. The summed E-state index contributed by atoms with van der Waals surface area (Å²) in [7, 11) is 0. The van der Waals surface area contributed by atoms with Crippen molar-refractivity contribution in [1.29, 1.82) is 0 Å². The van der Waals surface area contributed by atoms with E-state index in [2.05, 4.69) is 41.5 Å². The van der Waals surface area contributed by atoms with Crippen molar-refractivity contribution in [2.45, 2.75) is 80.1 Å². The first kappa shape index (κ1) is 16.0. The molecule has 0 aliphatic rings. The van der Waals surface area contributed by atoms with E-state index in [1.54, 1.807) is 0 Å². The van der Waals surface area contributed by atoms with Gasteiger partial charge in [0.25, 0.3) is 0 Å². The largest absolute Gasteiger partial charge is 0.0654 e. The van der Waals surface area contributed by atoms with E-state index in [9.17, 15) is 0 Å². The van der Waals surface area contributed by atoms with Crippen molar-refractivity contribution in [3.8, 4) is 0 Å². The molecule has 0 heteroatoms. The molecule has 98 valence electrons. The van der Waals surface area contributed by atoms with Crippen molar-refractivity contribution >= 4 is 0 Å². The summed E-state index contributed by atoms with van der Waals surface area (Å²) in [5, 5.41) is 0. The molecule has 0 aliphatic heterocycles. The van der Waals surface area contributed by atoms with Crippen molar-refractivity contribution in [1.82, 2.24) is 0 Å². The molecule has 0 aromatic heterocycles. The summed E-state index contributed by atoms with van der Waals surface area (Å²) in [5.74, 6) is 3.59. The smallest absolute Gasteiger partial charge is 0.0391 e. The van der Waals surface area contributed by atoms with Crippen LogP contribution in [-0.2, 0) is 0 Å². The van der Waals surface area contributed by atoms with Gasteiger partial charge in [-0.05, 0) is 30.1 Å². The van der Waals surface area contributed by atoms with Crippen LogP contribution >= 0.6 is 0 Å². The predicted molar refractivity (Wildman–Crippen MR) is 75.7 cm³/mol. The maximum absolute atomic E-state index is 2.45. The first-order valence-electron chi connectivity index (χ1n) is 7.52. The van der Waals surface area contributed by atoms with Gasteiger partial charge in [0.1, 0.15) is 0 Å². The zero-order chi connectivity index (χ0) is 12.6. The summed E-state index contributed by atoms with van der Waals surface area (Å²) in [6.45, 7) is 14.3. The highest BCUT2D eigenvalue weighted by molar-refractivity contribution is 4.69. The third-order valence-corrected chi connectivity index (χ3v) is 4.51. The van der Waals surface area contributed by atoms with Gasteiger partial charge in [-0.2, -0.15) is 0 Å². The van der Waals surface area contributed by atoms with Crippen LogP contribution in [0.2, 0.25) is 0 Å². The lowest BCUT2D eigenvalue weighted by molar-refractivity contribution is 0.230. The Balaban J connectivity index is 3.79. The lowest BCUT2D eigenvalue weighted by Gasteiger charge is -2.27. The molecule has 0 rings (SSSR count). The maximum atomic E-state index is 2.45. The Morgan fingerprint density at radius 1 is 0.812 bits per heavy atom. The molecule has 0 saturated carbocycles. The Labute approximate surface area is 104 Å². The van der Waals surface area contributed by atoms with Crippen LogP contribution in [0.25, 0.3) is 0 Å². The van der Waals surface area contributed by atoms with Gasteiger partial charge >= 0.3 is 0 Å². The Morgan fingerprint density at radius 3 is 1.94 bits per heavy atom. The van der Waals surface area contributed by atoms with E-state index in [4.69, 9.17) is 0 Å². The molecule has 0 fully saturated rings. The van der Waals surface area contributed by atoms with Crippen LogP contribution in [0.15, 0.2) is 0 Å². The molecular weight excluding hydrogens is 192 g/mol. The van der Waals surface area contributed by atoms with Crippen LogP contribution in [-0.4, -0.2) is 0 Å². The molecule has 0 N–H and O–H groups in total. The van der Waals surface area contributed by atoms with Crippen LogP contribution in [0, 0.1) is 23.7 Å². The van der Waals surface area contributed by atoms with E-state index in [1.807, 2.05) is 0 Å². The van der Waals surface area contributed by atoms with Gasteiger partial charge in [0.2, 0.25) is 0 Å². The Bertz CT molecular complexity index is 150. The van der Waals surface area contributed by atoms with Gasteiger partial charge in [-0.1, -0.05) is 73.6 Å². The van der Waals surface area contributed by atoms with Crippen molar-refractivity contribution < 1.29 is 0 Å². The van der Waals surface area contributed by atoms with Gasteiger partial charge in [0, 0.05) is 0 Å². The fraction of sp³-hybridized carbons (Fsp3) is 1.00. The molecule has 0 aliphatic carbocycles. The predicted octanol–water partition coefficient (Wildman–Crippen LogP) is 5.91. The molecular formula is C16H34. The molecule has 0 nitrogen and oxygen atoms in total. The molecule has 4 unspecified atom stereocenters. The minimum absolute atomic E-state index is 0.887. The van der Waals surface area contributed by atoms with Gasteiger partial charge in [0.15, 0.2) is 0 Å². The first-order valence-corrected chi connectivity index (χ1v) is 7.52. The minimum Gasteiger partial charge on any atom is -0.0654 e. The highest BCUT2D eigenvalue weighted by Gasteiger charge is 2.19. The molecule has 0 aromatic carbocycles.